The summed E-state index contributed by atoms with van der Waals surface area (Å²) in [5, 5.41) is 3.06. The summed E-state index contributed by atoms with van der Waals surface area (Å²) in [6.45, 7) is 1.56. The molecule has 3 aromatic rings. The molecule has 0 bridgehead atoms. The van der Waals surface area contributed by atoms with Crippen LogP contribution >= 0.6 is 15.9 Å². The Morgan fingerprint density at radius 2 is 1.62 bits per heavy atom. The summed E-state index contributed by atoms with van der Waals surface area (Å²) in [6, 6.07) is 18.5. The lowest BCUT2D eigenvalue weighted by Gasteiger charge is -2.32. The molecule has 4 nitrogen and oxygen atoms in total. The molecular formula is C25H23BrF2N2O2. The molecule has 1 aliphatic heterocycles. The van der Waals surface area contributed by atoms with Crippen molar-refractivity contribution in [3.05, 3.63) is 94.0 Å². The maximum atomic E-state index is 13.9. The third-order valence-electron chi connectivity index (χ3n) is 5.51. The minimum absolute atomic E-state index is 0.0295. The highest BCUT2D eigenvalue weighted by molar-refractivity contribution is 9.10. The first-order valence-electron chi connectivity index (χ1n) is 10.5. The van der Waals surface area contributed by atoms with Crippen LogP contribution in [0.25, 0.3) is 0 Å². The number of benzene rings is 3. The predicted octanol–water partition coefficient (Wildman–Crippen LogP) is 5.91. The zero-order valence-electron chi connectivity index (χ0n) is 17.4. The summed E-state index contributed by atoms with van der Waals surface area (Å²) >= 11 is 3.41. The molecule has 1 fully saturated rings. The van der Waals surface area contributed by atoms with E-state index in [-0.39, 0.29) is 24.1 Å². The number of hydrogen-bond donors (Lipinski definition) is 1. The maximum absolute atomic E-state index is 13.9. The van der Waals surface area contributed by atoms with Crippen LogP contribution in [0.4, 0.5) is 8.78 Å². The van der Waals surface area contributed by atoms with Gasteiger partial charge in [-0.1, -0.05) is 28.1 Å². The normalized spacial score (nSPS) is 14.8. The van der Waals surface area contributed by atoms with E-state index in [1.54, 1.807) is 24.3 Å². The summed E-state index contributed by atoms with van der Waals surface area (Å²) in [4.78, 5) is 14.6. The number of likely N-dealkylation sites (tertiary alicyclic amines) is 1. The van der Waals surface area contributed by atoms with Crippen LogP contribution in [-0.2, 0) is 6.54 Å². The molecule has 0 radical (unpaired) electrons. The molecule has 1 amide bonds. The number of nitrogens with zero attached hydrogens (tertiary/aromatic N) is 1. The third-order valence-corrected chi connectivity index (χ3v) is 6.01. The molecule has 166 valence electrons. The number of halogens is 3. The summed E-state index contributed by atoms with van der Waals surface area (Å²) in [7, 11) is 0. The van der Waals surface area contributed by atoms with Gasteiger partial charge < -0.3 is 10.1 Å². The average molecular weight is 501 g/mol. The van der Waals surface area contributed by atoms with Crippen LogP contribution in [0.2, 0.25) is 0 Å². The van der Waals surface area contributed by atoms with Gasteiger partial charge in [-0.05, 0) is 67.4 Å². The smallest absolute Gasteiger partial charge is 0.251 e. The molecule has 0 saturated carbocycles. The predicted molar refractivity (Wildman–Crippen MR) is 123 cm³/mol. The van der Waals surface area contributed by atoms with E-state index in [2.05, 4.69) is 21.2 Å². The maximum Gasteiger partial charge on any atom is 0.251 e. The van der Waals surface area contributed by atoms with Gasteiger partial charge in [-0.2, -0.15) is 0 Å². The van der Waals surface area contributed by atoms with Crippen LogP contribution < -0.4 is 10.1 Å². The number of piperidine rings is 1. The van der Waals surface area contributed by atoms with Gasteiger partial charge in [-0.25, -0.2) is 8.78 Å². The Balaban J connectivity index is 1.27. The van der Waals surface area contributed by atoms with Gasteiger partial charge in [0.1, 0.15) is 23.1 Å². The SMILES string of the molecule is O=C(NC1CCN(Cc2c(F)cccc2F)CC1)c1ccc(Oc2cccc(Br)c2)cc1. The van der Waals surface area contributed by atoms with E-state index in [9.17, 15) is 13.6 Å². The zero-order valence-corrected chi connectivity index (χ0v) is 18.9. The largest absolute Gasteiger partial charge is 0.457 e. The molecule has 4 rings (SSSR count). The van der Waals surface area contributed by atoms with Crippen molar-refractivity contribution in [3.8, 4) is 11.5 Å². The lowest BCUT2D eigenvalue weighted by molar-refractivity contribution is 0.0908. The number of nitrogens with one attached hydrogen (secondary N) is 1. The Kier molecular flexibility index (Phi) is 7.17. The Labute approximate surface area is 194 Å². The minimum atomic E-state index is -0.521. The van der Waals surface area contributed by atoms with Gasteiger partial charge in [0, 0.05) is 41.3 Å². The van der Waals surface area contributed by atoms with Crippen LogP contribution in [0.3, 0.4) is 0 Å². The fraction of sp³-hybridized carbons (Fsp3) is 0.240. The van der Waals surface area contributed by atoms with Crippen LogP contribution in [-0.4, -0.2) is 29.9 Å². The third kappa shape index (κ3) is 5.72. The first kappa shape index (κ1) is 22.4. The van der Waals surface area contributed by atoms with Gasteiger partial charge in [0.25, 0.3) is 5.91 Å². The number of carbonyl (C=O) groups is 1. The number of amides is 1. The Morgan fingerprint density at radius 1 is 0.969 bits per heavy atom. The second-order valence-corrected chi connectivity index (χ2v) is 8.72. The number of ether oxygens (including phenoxy) is 1. The lowest BCUT2D eigenvalue weighted by Crippen LogP contribution is -2.44. The highest BCUT2D eigenvalue weighted by Crippen LogP contribution is 2.25. The van der Waals surface area contributed by atoms with E-state index < -0.39 is 11.6 Å². The van der Waals surface area contributed by atoms with Crippen LogP contribution in [0, 0.1) is 11.6 Å². The average Bonchev–Trinajstić information content (AvgIpc) is 2.78. The summed E-state index contributed by atoms with van der Waals surface area (Å²) in [5.74, 6) is 0.171. The molecule has 1 aliphatic rings. The molecule has 32 heavy (non-hydrogen) atoms. The molecule has 0 spiro atoms. The molecule has 3 aromatic carbocycles. The van der Waals surface area contributed by atoms with Gasteiger partial charge in [-0.3, -0.25) is 9.69 Å². The molecule has 0 aliphatic carbocycles. The van der Waals surface area contributed by atoms with E-state index in [0.29, 0.717) is 30.2 Å². The molecule has 1 heterocycles. The van der Waals surface area contributed by atoms with Crippen molar-refractivity contribution in [2.24, 2.45) is 0 Å². The quantitative estimate of drug-likeness (QED) is 0.457. The van der Waals surface area contributed by atoms with E-state index >= 15 is 0 Å². The molecule has 0 aromatic heterocycles. The van der Waals surface area contributed by atoms with E-state index in [4.69, 9.17) is 4.74 Å². The van der Waals surface area contributed by atoms with Crippen molar-refractivity contribution in [2.45, 2.75) is 25.4 Å². The highest BCUT2D eigenvalue weighted by Gasteiger charge is 2.23. The number of rotatable bonds is 6. The van der Waals surface area contributed by atoms with Crippen molar-refractivity contribution < 1.29 is 18.3 Å². The molecule has 7 heteroatoms. The van der Waals surface area contributed by atoms with Crippen LogP contribution in [0.5, 0.6) is 11.5 Å². The number of hydrogen-bond acceptors (Lipinski definition) is 3. The Morgan fingerprint density at radius 3 is 2.28 bits per heavy atom. The van der Waals surface area contributed by atoms with Crippen molar-refractivity contribution in [1.82, 2.24) is 10.2 Å². The summed E-state index contributed by atoms with van der Waals surface area (Å²) in [5.41, 5.74) is 0.655. The van der Waals surface area contributed by atoms with Crippen molar-refractivity contribution in [3.63, 3.8) is 0 Å². The molecule has 1 saturated heterocycles. The summed E-state index contributed by atoms with van der Waals surface area (Å²) in [6.07, 6.45) is 1.46. The van der Waals surface area contributed by atoms with Gasteiger partial charge in [-0.15, -0.1) is 0 Å². The van der Waals surface area contributed by atoms with Crippen molar-refractivity contribution >= 4 is 21.8 Å². The zero-order chi connectivity index (χ0) is 22.5. The molecule has 1 N–H and O–H groups in total. The Hall–Kier alpha value is -2.77. The first-order chi connectivity index (χ1) is 15.5. The standard InChI is InChI=1S/C25H23BrF2N2O2/c26-18-3-1-4-21(15-18)32-20-9-7-17(8-10-20)25(31)29-19-11-13-30(14-12-19)16-22-23(27)5-2-6-24(22)28/h1-10,15,19H,11-14,16H2,(H,29,31). The fourth-order valence-electron chi connectivity index (χ4n) is 3.75. The van der Waals surface area contributed by atoms with Crippen LogP contribution in [0.1, 0.15) is 28.8 Å². The fourth-order valence-corrected chi connectivity index (χ4v) is 4.13. The van der Waals surface area contributed by atoms with Gasteiger partial charge >= 0.3 is 0 Å². The second-order valence-electron chi connectivity index (χ2n) is 7.81. The Bertz CT molecular complexity index is 1060. The number of carbonyl (C=O) groups excluding carboxylic acids is 1. The minimum Gasteiger partial charge on any atom is -0.457 e. The first-order valence-corrected chi connectivity index (χ1v) is 11.3. The van der Waals surface area contributed by atoms with Crippen molar-refractivity contribution in [2.75, 3.05) is 13.1 Å². The van der Waals surface area contributed by atoms with Crippen molar-refractivity contribution in [1.29, 1.82) is 0 Å². The van der Waals surface area contributed by atoms with Crippen LogP contribution in [0.15, 0.2) is 71.2 Å². The second kappa shape index (κ2) is 10.2. The monoisotopic (exact) mass is 500 g/mol. The van der Waals surface area contributed by atoms with Gasteiger partial charge in [0.2, 0.25) is 0 Å². The highest BCUT2D eigenvalue weighted by atomic mass is 79.9. The molecular weight excluding hydrogens is 478 g/mol. The molecule has 0 unspecified atom stereocenters. The molecule has 0 atom stereocenters. The van der Waals surface area contributed by atoms with Gasteiger partial charge in [0.15, 0.2) is 0 Å². The lowest BCUT2D eigenvalue weighted by atomic mass is 10.0. The summed E-state index contributed by atoms with van der Waals surface area (Å²) < 4.78 is 34.5. The van der Waals surface area contributed by atoms with Gasteiger partial charge in [0.05, 0.1) is 0 Å². The van der Waals surface area contributed by atoms with E-state index in [0.717, 1.165) is 17.3 Å². The van der Waals surface area contributed by atoms with E-state index in [1.807, 2.05) is 29.2 Å². The topological polar surface area (TPSA) is 41.6 Å². The van der Waals surface area contributed by atoms with E-state index in [1.165, 1.54) is 18.2 Å².